The van der Waals surface area contributed by atoms with Gasteiger partial charge in [-0.2, -0.15) is 9.61 Å². The van der Waals surface area contributed by atoms with Crippen LogP contribution in [0.1, 0.15) is 46.3 Å². The molecule has 0 bridgehead atoms. The number of hydrogen-bond acceptors (Lipinski definition) is 4. The summed E-state index contributed by atoms with van der Waals surface area (Å²) < 4.78 is 16.1. The summed E-state index contributed by atoms with van der Waals surface area (Å²) in [5.41, 5.74) is 5.27. The first-order valence-corrected chi connectivity index (χ1v) is 11.8. The second-order valence-corrected chi connectivity index (χ2v) is 9.46. The third kappa shape index (κ3) is 3.34. The predicted octanol–water partition coefficient (Wildman–Crippen LogP) is 5.04. The molecule has 0 radical (unpaired) electrons. The zero-order valence-corrected chi connectivity index (χ0v) is 19.1. The van der Waals surface area contributed by atoms with E-state index in [1.54, 1.807) is 35.1 Å². The number of carbonyl (C=O) groups excluding carboxylic acids is 1. The summed E-state index contributed by atoms with van der Waals surface area (Å²) in [6, 6.07) is 15.3. The predicted molar refractivity (Wildman–Crippen MR) is 129 cm³/mol. The second kappa shape index (κ2) is 7.94. The Morgan fingerprint density at radius 3 is 2.76 bits per heavy atom. The smallest absolute Gasteiger partial charge is 0.259 e. The first-order chi connectivity index (χ1) is 16.5. The summed E-state index contributed by atoms with van der Waals surface area (Å²) in [4.78, 5) is 20.0. The number of nitrogens with one attached hydrogen (secondary N) is 1. The van der Waals surface area contributed by atoms with E-state index in [9.17, 15) is 9.18 Å². The van der Waals surface area contributed by atoms with Crippen LogP contribution in [-0.2, 0) is 11.8 Å². The molecule has 1 spiro atoms. The van der Waals surface area contributed by atoms with Crippen LogP contribution in [0.5, 0.6) is 0 Å². The monoisotopic (exact) mass is 455 g/mol. The molecule has 4 aromatic rings. The zero-order valence-electron chi connectivity index (χ0n) is 19.1. The summed E-state index contributed by atoms with van der Waals surface area (Å²) in [6.45, 7) is 3.27. The molecule has 2 aromatic heterocycles. The lowest BCUT2D eigenvalue weighted by atomic mass is 9.74. The van der Waals surface area contributed by atoms with Crippen LogP contribution in [0, 0.1) is 12.7 Å². The third-order valence-corrected chi connectivity index (χ3v) is 7.49. The van der Waals surface area contributed by atoms with Crippen LogP contribution in [-0.4, -0.2) is 38.5 Å². The van der Waals surface area contributed by atoms with Crippen LogP contribution >= 0.6 is 0 Å². The average Bonchev–Trinajstić information content (AvgIpc) is 3.48. The van der Waals surface area contributed by atoms with E-state index in [1.165, 1.54) is 17.2 Å². The molecule has 34 heavy (non-hydrogen) atoms. The number of rotatable bonds is 3. The Balaban J connectivity index is 1.30. The molecule has 6 rings (SSSR count). The highest BCUT2D eigenvalue weighted by Crippen LogP contribution is 2.46. The van der Waals surface area contributed by atoms with Crippen molar-refractivity contribution in [2.75, 3.05) is 18.4 Å². The third-order valence-electron chi connectivity index (χ3n) is 7.49. The fourth-order valence-corrected chi connectivity index (χ4v) is 5.60. The molecule has 2 aromatic carbocycles. The van der Waals surface area contributed by atoms with Crippen molar-refractivity contribution in [3.8, 4) is 0 Å². The molecule has 0 saturated carbocycles. The lowest BCUT2D eigenvalue weighted by Crippen LogP contribution is -2.44. The largest absolute Gasteiger partial charge is 0.338 e. The summed E-state index contributed by atoms with van der Waals surface area (Å²) in [7, 11) is 0. The van der Waals surface area contributed by atoms with Crippen molar-refractivity contribution < 1.29 is 9.18 Å². The number of carbonyl (C=O) groups is 1. The Labute approximate surface area is 197 Å². The van der Waals surface area contributed by atoms with E-state index < -0.39 is 0 Å². The minimum absolute atomic E-state index is 0.110. The molecule has 6 nitrogen and oxygen atoms in total. The molecule has 1 aliphatic carbocycles. The summed E-state index contributed by atoms with van der Waals surface area (Å²) in [5, 5.41) is 7.47. The summed E-state index contributed by atoms with van der Waals surface area (Å²) in [5.74, 6) is -0.0708. The van der Waals surface area contributed by atoms with Gasteiger partial charge in [0.05, 0.1) is 11.9 Å². The van der Waals surface area contributed by atoms with Crippen molar-refractivity contribution in [1.82, 2.24) is 19.5 Å². The van der Waals surface area contributed by atoms with Crippen molar-refractivity contribution in [3.05, 3.63) is 89.0 Å². The van der Waals surface area contributed by atoms with Crippen molar-refractivity contribution in [1.29, 1.82) is 0 Å². The van der Waals surface area contributed by atoms with E-state index in [4.69, 9.17) is 0 Å². The van der Waals surface area contributed by atoms with Gasteiger partial charge in [0.2, 0.25) is 0 Å². The van der Waals surface area contributed by atoms with Crippen LogP contribution in [0.2, 0.25) is 0 Å². The van der Waals surface area contributed by atoms with E-state index in [0.29, 0.717) is 35.8 Å². The number of halogens is 1. The maximum atomic E-state index is 14.6. The van der Waals surface area contributed by atoms with Crippen LogP contribution in [0.4, 0.5) is 15.9 Å². The highest BCUT2D eigenvalue weighted by atomic mass is 19.1. The maximum absolute atomic E-state index is 14.6. The molecular formula is C27H26FN5O. The Kier molecular flexibility index (Phi) is 4.86. The Morgan fingerprint density at radius 2 is 1.91 bits per heavy atom. The van der Waals surface area contributed by atoms with Gasteiger partial charge in [0.1, 0.15) is 17.2 Å². The highest BCUT2D eigenvalue weighted by Gasteiger charge is 2.42. The van der Waals surface area contributed by atoms with Gasteiger partial charge in [-0.05, 0) is 66.8 Å². The molecule has 1 N–H and O–H groups in total. The van der Waals surface area contributed by atoms with Gasteiger partial charge in [0.25, 0.3) is 5.91 Å². The molecule has 3 heterocycles. The topological polar surface area (TPSA) is 62.5 Å². The summed E-state index contributed by atoms with van der Waals surface area (Å²) >= 11 is 0. The highest BCUT2D eigenvalue weighted by molar-refractivity contribution is 5.99. The maximum Gasteiger partial charge on any atom is 0.259 e. The molecule has 7 heteroatoms. The number of anilines is 2. The molecule has 1 fully saturated rings. The molecule has 1 saturated heterocycles. The number of likely N-dealkylation sites (tertiary alicyclic amines) is 1. The van der Waals surface area contributed by atoms with Crippen molar-refractivity contribution in [3.63, 3.8) is 0 Å². The first kappa shape index (κ1) is 20.8. The van der Waals surface area contributed by atoms with Gasteiger partial charge >= 0.3 is 0 Å². The Bertz CT molecular complexity index is 1400. The minimum atomic E-state index is -0.388. The zero-order chi connectivity index (χ0) is 23.3. The fraction of sp³-hybridized carbons (Fsp3) is 0.296. The molecule has 0 atom stereocenters. The van der Waals surface area contributed by atoms with Gasteiger partial charge in [-0.25, -0.2) is 9.37 Å². The molecule has 1 amide bonds. The fourth-order valence-electron chi connectivity index (χ4n) is 5.60. The van der Waals surface area contributed by atoms with Crippen LogP contribution < -0.4 is 5.32 Å². The van der Waals surface area contributed by atoms with Crippen molar-refractivity contribution in [2.24, 2.45) is 0 Å². The van der Waals surface area contributed by atoms with E-state index >= 15 is 0 Å². The number of benzene rings is 2. The molecular weight excluding hydrogens is 429 g/mol. The second-order valence-electron chi connectivity index (χ2n) is 9.46. The molecule has 0 unspecified atom stereocenters. The average molecular weight is 456 g/mol. The number of amides is 1. The van der Waals surface area contributed by atoms with E-state index in [-0.39, 0.29) is 17.1 Å². The molecule has 1 aliphatic heterocycles. The normalized spacial score (nSPS) is 16.7. The van der Waals surface area contributed by atoms with Crippen molar-refractivity contribution >= 4 is 23.1 Å². The van der Waals surface area contributed by atoms with E-state index in [1.807, 2.05) is 11.8 Å². The number of hydrogen-bond donors (Lipinski definition) is 1. The number of aromatic nitrogens is 3. The van der Waals surface area contributed by atoms with Gasteiger partial charge in [0.15, 0.2) is 5.65 Å². The standard InChI is InChI=1S/C27H26FN5O/c1-18-6-7-22(28)23(16-18)31-25-20(17-29-24-9-13-30-33(24)25)26(34)32-14-11-27(12-15-32)10-8-19-4-2-3-5-21(19)27/h2-7,9,13,16-17,31H,8,10-12,14-15H2,1H3. The number of fused-ring (bicyclic) bond motifs is 3. The van der Waals surface area contributed by atoms with Gasteiger partial charge < -0.3 is 10.2 Å². The van der Waals surface area contributed by atoms with Gasteiger partial charge in [-0.1, -0.05) is 30.3 Å². The van der Waals surface area contributed by atoms with E-state index in [2.05, 4.69) is 39.7 Å². The number of nitrogens with zero attached hydrogens (tertiary/aromatic N) is 4. The van der Waals surface area contributed by atoms with Gasteiger partial charge in [-0.15, -0.1) is 0 Å². The van der Waals surface area contributed by atoms with Crippen LogP contribution in [0.25, 0.3) is 5.65 Å². The SMILES string of the molecule is Cc1ccc(F)c(Nc2c(C(=O)N3CCC4(CCc5ccccc54)CC3)cnc3ccnn23)c1. The summed E-state index contributed by atoms with van der Waals surface area (Å²) in [6.07, 6.45) is 7.35. The Morgan fingerprint density at radius 1 is 1.09 bits per heavy atom. The Hall–Kier alpha value is -3.74. The minimum Gasteiger partial charge on any atom is -0.338 e. The van der Waals surface area contributed by atoms with E-state index in [0.717, 1.165) is 31.2 Å². The molecule has 172 valence electrons. The van der Waals surface area contributed by atoms with Gasteiger partial charge in [0, 0.05) is 25.4 Å². The van der Waals surface area contributed by atoms with Crippen molar-refractivity contribution in [2.45, 2.75) is 38.0 Å². The number of piperidine rings is 1. The lowest BCUT2D eigenvalue weighted by molar-refractivity contribution is 0.0666. The van der Waals surface area contributed by atoms with Crippen LogP contribution in [0.3, 0.4) is 0 Å². The first-order valence-electron chi connectivity index (χ1n) is 11.8. The van der Waals surface area contributed by atoms with Gasteiger partial charge in [-0.3, -0.25) is 4.79 Å². The number of aryl methyl sites for hydroxylation is 2. The lowest BCUT2D eigenvalue weighted by Gasteiger charge is -2.40. The quantitative estimate of drug-likeness (QED) is 0.470. The molecule has 2 aliphatic rings. The van der Waals surface area contributed by atoms with Crippen LogP contribution in [0.15, 0.2) is 60.9 Å².